The average Bonchev–Trinajstić information content (AvgIpc) is 3.16. The summed E-state index contributed by atoms with van der Waals surface area (Å²) in [6, 6.07) is 13.7. The van der Waals surface area contributed by atoms with Crippen molar-refractivity contribution in [3.63, 3.8) is 0 Å². The second kappa shape index (κ2) is 8.36. The summed E-state index contributed by atoms with van der Waals surface area (Å²) >= 11 is 0. The van der Waals surface area contributed by atoms with Crippen molar-refractivity contribution in [2.45, 2.75) is 19.4 Å². The van der Waals surface area contributed by atoms with Crippen molar-refractivity contribution >= 4 is 5.91 Å². The molecule has 0 saturated carbocycles. The number of nitrogens with zero attached hydrogens (tertiary/aromatic N) is 1. The third-order valence-electron chi connectivity index (χ3n) is 4.04. The number of hydrogen-bond donors (Lipinski definition) is 2. The lowest BCUT2D eigenvalue weighted by Gasteiger charge is -2.13. The number of alkyl halides is 3. The molecule has 0 spiro atoms. The summed E-state index contributed by atoms with van der Waals surface area (Å²) in [4.78, 5) is 12.2. The number of nitrogens with one attached hydrogen (secondary N) is 1. The molecule has 3 aromatic rings. The van der Waals surface area contributed by atoms with Gasteiger partial charge in [-0.3, -0.25) is 4.79 Å². The highest BCUT2D eigenvalue weighted by Gasteiger charge is 2.31. The molecular formula is C20H17F3N2O4. The van der Waals surface area contributed by atoms with E-state index in [1.807, 2.05) is 31.2 Å². The molecule has 9 heteroatoms. The minimum Gasteiger partial charge on any atom is -0.406 e. The molecule has 152 valence electrons. The van der Waals surface area contributed by atoms with Crippen LogP contribution in [0.25, 0.3) is 11.3 Å². The van der Waals surface area contributed by atoms with Gasteiger partial charge < -0.3 is 19.7 Å². The minimum absolute atomic E-state index is 0.0262. The van der Waals surface area contributed by atoms with Crippen molar-refractivity contribution in [3.05, 3.63) is 71.5 Å². The summed E-state index contributed by atoms with van der Waals surface area (Å²) in [5.74, 6) is -1.00. The lowest BCUT2D eigenvalue weighted by molar-refractivity contribution is -0.274. The largest absolute Gasteiger partial charge is 0.573 e. The van der Waals surface area contributed by atoms with Gasteiger partial charge >= 0.3 is 6.36 Å². The molecule has 0 bridgehead atoms. The summed E-state index contributed by atoms with van der Waals surface area (Å²) in [7, 11) is 0. The Morgan fingerprint density at radius 1 is 1.17 bits per heavy atom. The number of aliphatic hydroxyl groups excluding tert-OH is 1. The Morgan fingerprint density at radius 3 is 2.45 bits per heavy atom. The lowest BCUT2D eigenvalue weighted by Crippen LogP contribution is -2.28. The zero-order valence-electron chi connectivity index (χ0n) is 15.2. The Balaban J connectivity index is 1.57. The highest BCUT2D eigenvalue weighted by molar-refractivity contribution is 5.92. The predicted octanol–water partition coefficient (Wildman–Crippen LogP) is 4.01. The van der Waals surface area contributed by atoms with Crippen LogP contribution in [0.3, 0.4) is 0 Å². The van der Waals surface area contributed by atoms with Gasteiger partial charge in [0.05, 0.1) is 6.10 Å². The van der Waals surface area contributed by atoms with Gasteiger partial charge in [0, 0.05) is 18.2 Å². The van der Waals surface area contributed by atoms with Gasteiger partial charge in [0.2, 0.25) is 5.76 Å². The fourth-order valence-corrected chi connectivity index (χ4v) is 2.53. The predicted molar refractivity (Wildman–Crippen MR) is 97.1 cm³/mol. The van der Waals surface area contributed by atoms with Gasteiger partial charge in [-0.1, -0.05) is 47.1 Å². The molecule has 1 heterocycles. The molecule has 1 atom stereocenters. The maximum atomic E-state index is 12.2. The third kappa shape index (κ3) is 5.58. The normalized spacial score (nSPS) is 12.4. The van der Waals surface area contributed by atoms with Crippen molar-refractivity contribution in [3.8, 4) is 17.0 Å². The molecule has 0 fully saturated rings. The van der Waals surface area contributed by atoms with E-state index in [4.69, 9.17) is 4.52 Å². The molecule has 29 heavy (non-hydrogen) atoms. The lowest BCUT2D eigenvalue weighted by atomic mass is 10.1. The quantitative estimate of drug-likeness (QED) is 0.646. The number of rotatable bonds is 6. The highest BCUT2D eigenvalue weighted by Crippen LogP contribution is 2.24. The van der Waals surface area contributed by atoms with E-state index in [-0.39, 0.29) is 12.3 Å². The van der Waals surface area contributed by atoms with Crippen molar-refractivity contribution in [1.29, 1.82) is 0 Å². The van der Waals surface area contributed by atoms with E-state index in [0.717, 1.165) is 23.3 Å². The van der Waals surface area contributed by atoms with Crippen LogP contribution in [-0.4, -0.2) is 29.1 Å². The number of ether oxygens (including phenoxy) is 1. The first-order valence-corrected chi connectivity index (χ1v) is 8.57. The van der Waals surface area contributed by atoms with Crippen LogP contribution in [-0.2, 0) is 0 Å². The second-order valence-electron chi connectivity index (χ2n) is 6.29. The number of aryl methyl sites for hydroxylation is 1. The first kappa shape index (κ1) is 20.4. The molecule has 2 aromatic carbocycles. The zero-order chi connectivity index (χ0) is 21.0. The van der Waals surface area contributed by atoms with Crippen LogP contribution in [0.2, 0.25) is 0 Å². The summed E-state index contributed by atoms with van der Waals surface area (Å²) < 4.78 is 45.3. The zero-order valence-corrected chi connectivity index (χ0v) is 15.2. The van der Waals surface area contributed by atoms with Crippen molar-refractivity contribution in [2.75, 3.05) is 6.54 Å². The molecule has 0 saturated heterocycles. The Kier molecular flexibility index (Phi) is 5.88. The second-order valence-corrected chi connectivity index (χ2v) is 6.29. The molecule has 1 unspecified atom stereocenters. The first-order valence-electron chi connectivity index (χ1n) is 8.57. The Morgan fingerprint density at radius 2 is 1.83 bits per heavy atom. The first-order chi connectivity index (χ1) is 13.7. The molecule has 0 aliphatic heterocycles. The van der Waals surface area contributed by atoms with Crippen LogP contribution >= 0.6 is 0 Å². The maximum absolute atomic E-state index is 12.2. The molecule has 1 amide bonds. The van der Waals surface area contributed by atoms with Gasteiger partial charge in [-0.2, -0.15) is 0 Å². The van der Waals surface area contributed by atoms with Crippen molar-refractivity contribution in [2.24, 2.45) is 0 Å². The van der Waals surface area contributed by atoms with E-state index in [0.29, 0.717) is 11.3 Å². The van der Waals surface area contributed by atoms with Crippen LogP contribution in [0, 0.1) is 6.92 Å². The van der Waals surface area contributed by atoms with Gasteiger partial charge in [0.15, 0.2) is 0 Å². The third-order valence-corrected chi connectivity index (χ3v) is 4.04. The van der Waals surface area contributed by atoms with Gasteiger partial charge in [-0.15, -0.1) is 13.2 Å². The molecule has 0 aliphatic rings. The smallest absolute Gasteiger partial charge is 0.406 e. The van der Waals surface area contributed by atoms with Gasteiger partial charge in [0.25, 0.3) is 5.91 Å². The van der Waals surface area contributed by atoms with E-state index in [9.17, 15) is 23.1 Å². The van der Waals surface area contributed by atoms with E-state index in [1.165, 1.54) is 18.2 Å². The monoisotopic (exact) mass is 406 g/mol. The number of aliphatic hydroxyl groups is 1. The van der Waals surface area contributed by atoms with Crippen molar-refractivity contribution in [1.82, 2.24) is 10.5 Å². The number of hydrogen-bond acceptors (Lipinski definition) is 5. The molecular weight excluding hydrogens is 389 g/mol. The van der Waals surface area contributed by atoms with Crippen LogP contribution in [0.1, 0.15) is 27.8 Å². The fourth-order valence-electron chi connectivity index (χ4n) is 2.53. The number of carbonyl (C=O) groups is 1. The van der Waals surface area contributed by atoms with E-state index < -0.39 is 24.1 Å². The number of amides is 1. The number of halogens is 3. The summed E-state index contributed by atoms with van der Waals surface area (Å²) in [5.41, 5.74) is 2.69. The van der Waals surface area contributed by atoms with Crippen LogP contribution in [0.4, 0.5) is 13.2 Å². The molecule has 0 radical (unpaired) electrons. The summed E-state index contributed by atoms with van der Waals surface area (Å²) in [6.07, 6.45) is -5.92. The van der Waals surface area contributed by atoms with E-state index in [2.05, 4.69) is 15.2 Å². The fraction of sp³-hybridized carbons (Fsp3) is 0.200. The molecule has 1 aromatic heterocycles. The topological polar surface area (TPSA) is 84.6 Å². The summed E-state index contributed by atoms with van der Waals surface area (Å²) in [6.45, 7) is 1.78. The van der Waals surface area contributed by atoms with Crippen LogP contribution in [0.15, 0.2) is 59.1 Å². The van der Waals surface area contributed by atoms with Crippen LogP contribution in [0.5, 0.6) is 5.75 Å². The van der Waals surface area contributed by atoms with Gasteiger partial charge in [0.1, 0.15) is 11.4 Å². The van der Waals surface area contributed by atoms with Gasteiger partial charge in [-0.25, -0.2) is 0 Å². The number of aromatic nitrogens is 1. The Bertz CT molecular complexity index is 967. The Hall–Kier alpha value is -3.33. The Labute approximate surface area is 163 Å². The molecule has 3 rings (SSSR count). The summed E-state index contributed by atoms with van der Waals surface area (Å²) in [5, 5.41) is 16.5. The van der Waals surface area contributed by atoms with Gasteiger partial charge in [-0.05, 0) is 24.6 Å². The standard InChI is InChI=1S/C20H17F3N2O4/c1-12-2-4-13(5-3-12)16-10-18(29-25-16)19(27)24-11-17(26)14-6-8-15(9-7-14)28-20(21,22)23/h2-10,17,26H,11H2,1H3,(H,24,27). The number of carbonyl (C=O) groups excluding carboxylic acids is 1. The van der Waals surface area contributed by atoms with Crippen LogP contribution < -0.4 is 10.1 Å². The molecule has 6 nitrogen and oxygen atoms in total. The SMILES string of the molecule is Cc1ccc(-c2cc(C(=O)NCC(O)c3ccc(OC(F)(F)F)cc3)on2)cc1. The highest BCUT2D eigenvalue weighted by atomic mass is 19.4. The van der Waals surface area contributed by atoms with E-state index in [1.54, 1.807) is 0 Å². The average molecular weight is 406 g/mol. The molecule has 2 N–H and O–H groups in total. The van der Waals surface area contributed by atoms with Crippen molar-refractivity contribution < 1.29 is 32.3 Å². The number of benzene rings is 2. The van der Waals surface area contributed by atoms with E-state index >= 15 is 0 Å². The molecule has 0 aliphatic carbocycles. The minimum atomic E-state index is -4.79. The maximum Gasteiger partial charge on any atom is 0.573 e.